The van der Waals surface area contributed by atoms with Gasteiger partial charge in [-0.15, -0.1) is 11.6 Å². The fourth-order valence-corrected chi connectivity index (χ4v) is 3.45. The van der Waals surface area contributed by atoms with Gasteiger partial charge in [-0.05, 0) is 33.1 Å². The van der Waals surface area contributed by atoms with Crippen LogP contribution in [0.4, 0.5) is 4.79 Å². The van der Waals surface area contributed by atoms with E-state index in [0.29, 0.717) is 13.0 Å². The zero-order chi connectivity index (χ0) is 22.8. The van der Waals surface area contributed by atoms with Gasteiger partial charge in [-0.2, -0.15) is 4.31 Å². The molecule has 170 valence electrons. The summed E-state index contributed by atoms with van der Waals surface area (Å²) in [6.07, 6.45) is -0.292. The number of halogens is 1. The number of alkyl carbamates (subject to hydrolysis) is 1. The molecule has 0 bridgehead atoms. The molecule has 2 N–H and O–H groups in total. The summed E-state index contributed by atoms with van der Waals surface area (Å²) in [6.45, 7) is 11.0. The summed E-state index contributed by atoms with van der Waals surface area (Å²) in [5, 5.41) is 4.18. The van der Waals surface area contributed by atoms with E-state index in [1.807, 2.05) is 0 Å². The van der Waals surface area contributed by atoms with Crippen molar-refractivity contribution in [3.63, 3.8) is 0 Å². The maximum absolute atomic E-state index is 12.1. The van der Waals surface area contributed by atoms with E-state index in [4.69, 9.17) is 16.3 Å². The summed E-state index contributed by atoms with van der Waals surface area (Å²) in [4.78, 5) is 35.2. The first-order valence-electron chi connectivity index (χ1n) is 9.48. The summed E-state index contributed by atoms with van der Waals surface area (Å²) < 4.78 is 30.0. The highest BCUT2D eigenvalue weighted by molar-refractivity contribution is 7.90. The van der Waals surface area contributed by atoms with E-state index in [1.54, 1.807) is 20.8 Å². The van der Waals surface area contributed by atoms with Crippen molar-refractivity contribution in [1.82, 2.24) is 14.9 Å². The Morgan fingerprint density at radius 3 is 2.28 bits per heavy atom. The maximum Gasteiger partial charge on any atom is 0.408 e. The van der Waals surface area contributed by atoms with Crippen LogP contribution in [0.1, 0.15) is 48.0 Å². The number of nitrogens with one attached hydrogen (secondary N) is 2. The van der Waals surface area contributed by atoms with Crippen LogP contribution in [0, 0.1) is 11.8 Å². The number of ketones is 1. The molecular formula is C18H34ClN3O6S. The minimum atomic E-state index is -3.88. The van der Waals surface area contributed by atoms with Gasteiger partial charge in [0.05, 0.1) is 19.0 Å². The molecule has 1 heterocycles. The summed E-state index contributed by atoms with van der Waals surface area (Å²) in [5.74, 6) is -0.489. The topological polar surface area (TPSA) is 122 Å². The Balaban J connectivity index is 0.00000178. The third kappa shape index (κ3) is 12.7. The predicted molar refractivity (Wildman–Crippen MR) is 112 cm³/mol. The molecule has 9 nitrogen and oxygen atoms in total. The fraction of sp³-hybridized carbons (Fsp3) is 0.833. The van der Waals surface area contributed by atoms with Crippen molar-refractivity contribution in [2.75, 3.05) is 31.4 Å². The van der Waals surface area contributed by atoms with Crippen LogP contribution in [0.15, 0.2) is 0 Å². The van der Waals surface area contributed by atoms with Gasteiger partial charge in [0.15, 0.2) is 5.78 Å². The number of sulfonamides is 1. The van der Waals surface area contributed by atoms with Crippen LogP contribution < -0.4 is 10.6 Å². The van der Waals surface area contributed by atoms with E-state index in [9.17, 15) is 22.8 Å². The zero-order valence-electron chi connectivity index (χ0n) is 18.1. The van der Waals surface area contributed by atoms with E-state index < -0.39 is 45.2 Å². The Morgan fingerprint density at radius 1 is 1.31 bits per heavy atom. The second-order valence-electron chi connectivity index (χ2n) is 8.42. The van der Waals surface area contributed by atoms with Gasteiger partial charge in [-0.3, -0.25) is 9.59 Å². The maximum atomic E-state index is 12.1. The number of alkyl halides is 1. The molecule has 0 saturated carbocycles. The summed E-state index contributed by atoms with van der Waals surface area (Å²) in [7, 11) is -3.88. The molecular weight excluding hydrogens is 422 g/mol. The smallest absolute Gasteiger partial charge is 0.408 e. The largest absolute Gasteiger partial charge is 0.444 e. The predicted octanol–water partition coefficient (Wildman–Crippen LogP) is 1.71. The van der Waals surface area contributed by atoms with E-state index in [-0.39, 0.29) is 19.0 Å². The van der Waals surface area contributed by atoms with Gasteiger partial charge in [0.2, 0.25) is 15.9 Å². The van der Waals surface area contributed by atoms with Gasteiger partial charge in [-0.1, -0.05) is 20.8 Å². The molecule has 1 fully saturated rings. The molecule has 0 radical (unpaired) electrons. The van der Waals surface area contributed by atoms with Crippen LogP contribution in [0.5, 0.6) is 0 Å². The number of Topliss-reactive ketones (excluding diaryl/α,β-unsaturated/α-hetero) is 1. The average Bonchev–Trinajstić information content (AvgIpc) is 2.95. The molecule has 0 aromatic heterocycles. The lowest BCUT2D eigenvalue weighted by molar-refractivity contribution is -0.123. The van der Waals surface area contributed by atoms with Gasteiger partial charge < -0.3 is 15.4 Å². The number of hydrogen-bond donors (Lipinski definition) is 2. The molecule has 1 aliphatic rings. The number of carbonyl (C=O) groups excluding carboxylic acids is 3. The highest BCUT2D eigenvalue weighted by Crippen LogP contribution is 2.15. The quantitative estimate of drug-likeness (QED) is 0.537. The zero-order valence-corrected chi connectivity index (χ0v) is 19.7. The molecule has 1 unspecified atom stereocenters. The Hall–Kier alpha value is -1.39. The van der Waals surface area contributed by atoms with Crippen molar-refractivity contribution in [2.45, 2.75) is 53.6 Å². The monoisotopic (exact) mass is 455 g/mol. The molecule has 1 saturated heterocycles. The Kier molecular flexibility index (Phi) is 11.7. The van der Waals surface area contributed by atoms with E-state index >= 15 is 0 Å². The molecule has 11 heteroatoms. The molecule has 1 rings (SSSR count). The molecule has 1 atom stereocenters. The number of nitrogens with zero attached hydrogens (tertiary/aromatic N) is 1. The van der Waals surface area contributed by atoms with Crippen LogP contribution in [0.2, 0.25) is 0 Å². The second kappa shape index (κ2) is 12.3. The minimum absolute atomic E-state index is 0.126. The lowest BCUT2D eigenvalue weighted by Crippen LogP contribution is -2.44. The van der Waals surface area contributed by atoms with Crippen molar-refractivity contribution in [3.05, 3.63) is 0 Å². The molecule has 0 spiro atoms. The molecule has 0 aromatic carbocycles. The first-order valence-corrected chi connectivity index (χ1v) is 11.6. The SMILES string of the molecule is CC(C)(C)OC(=O)NCC(=O)CN(CC1CCNC1=O)S(=O)(=O)CCl.CC(C)C. The normalized spacial score (nSPS) is 16.9. The van der Waals surface area contributed by atoms with Crippen molar-refractivity contribution < 1.29 is 27.5 Å². The average molecular weight is 456 g/mol. The van der Waals surface area contributed by atoms with Gasteiger partial charge in [0.25, 0.3) is 0 Å². The fourth-order valence-electron chi connectivity index (χ4n) is 2.15. The van der Waals surface area contributed by atoms with Gasteiger partial charge in [0, 0.05) is 13.1 Å². The van der Waals surface area contributed by atoms with Crippen LogP contribution in [-0.4, -0.2) is 67.5 Å². The number of hydrogen-bond acceptors (Lipinski definition) is 6. The molecule has 1 aliphatic heterocycles. The van der Waals surface area contributed by atoms with E-state index in [2.05, 4.69) is 31.4 Å². The van der Waals surface area contributed by atoms with Crippen LogP contribution in [0.25, 0.3) is 0 Å². The highest BCUT2D eigenvalue weighted by Gasteiger charge is 2.32. The number of ether oxygens (including phenoxy) is 1. The molecule has 29 heavy (non-hydrogen) atoms. The summed E-state index contributed by atoms with van der Waals surface area (Å²) >= 11 is 5.46. The number of carbonyl (C=O) groups is 3. The lowest BCUT2D eigenvalue weighted by Gasteiger charge is -2.23. The number of amides is 2. The Morgan fingerprint density at radius 2 is 1.86 bits per heavy atom. The summed E-state index contributed by atoms with van der Waals surface area (Å²) in [5.41, 5.74) is -0.711. The first kappa shape index (κ1) is 27.6. The second-order valence-corrected chi connectivity index (χ2v) is 11.0. The Bertz CT molecular complexity index is 658. The van der Waals surface area contributed by atoms with Crippen LogP contribution in [0.3, 0.4) is 0 Å². The van der Waals surface area contributed by atoms with Gasteiger partial charge in [0.1, 0.15) is 10.8 Å². The third-order valence-corrected chi connectivity index (χ3v) is 5.47. The van der Waals surface area contributed by atoms with Crippen molar-refractivity contribution in [2.24, 2.45) is 11.8 Å². The van der Waals surface area contributed by atoms with Gasteiger partial charge >= 0.3 is 6.09 Å². The van der Waals surface area contributed by atoms with Crippen molar-refractivity contribution in [1.29, 1.82) is 0 Å². The molecule has 0 aromatic rings. The molecule has 2 amide bonds. The molecule has 0 aliphatic carbocycles. The number of rotatable bonds is 8. The summed E-state index contributed by atoms with van der Waals surface area (Å²) in [6, 6.07) is 0. The Labute approximate surface area is 178 Å². The highest BCUT2D eigenvalue weighted by atomic mass is 35.5. The van der Waals surface area contributed by atoms with Crippen LogP contribution in [-0.2, 0) is 24.3 Å². The first-order chi connectivity index (χ1) is 13.2. The lowest BCUT2D eigenvalue weighted by atomic mass is 10.1. The van der Waals surface area contributed by atoms with Gasteiger partial charge in [-0.25, -0.2) is 13.2 Å². The van der Waals surface area contributed by atoms with Crippen molar-refractivity contribution >= 4 is 39.4 Å². The van der Waals surface area contributed by atoms with Crippen LogP contribution >= 0.6 is 11.6 Å². The van der Waals surface area contributed by atoms with Crippen molar-refractivity contribution in [3.8, 4) is 0 Å². The standard InChI is InChI=1S/C14H24ClN3O6S.C4H10/c1-14(2,3)24-13(21)17-6-11(19)8-18(25(22,23)9-15)7-10-4-5-16-12(10)20;1-4(2)3/h10H,4-9H2,1-3H3,(H,16,20)(H,17,21);4H,1-3H3. The minimum Gasteiger partial charge on any atom is -0.444 e. The third-order valence-electron chi connectivity index (χ3n) is 3.30. The van der Waals surface area contributed by atoms with E-state index in [1.165, 1.54) is 0 Å². The van der Waals surface area contributed by atoms with E-state index in [0.717, 1.165) is 10.2 Å².